The van der Waals surface area contributed by atoms with Gasteiger partial charge >= 0.3 is 18.2 Å². The fourth-order valence-corrected chi connectivity index (χ4v) is 3.68. The Labute approximate surface area is 193 Å². The zero-order valence-corrected chi connectivity index (χ0v) is 18.3. The molecule has 1 aliphatic heterocycles. The molecule has 1 heterocycles. The molecule has 0 spiro atoms. The van der Waals surface area contributed by atoms with Gasteiger partial charge in [-0.3, -0.25) is 4.79 Å². The van der Waals surface area contributed by atoms with Crippen LogP contribution in [0.5, 0.6) is 5.75 Å². The Hall–Kier alpha value is -3.60. The first-order chi connectivity index (χ1) is 16.0. The summed E-state index contributed by atoms with van der Waals surface area (Å²) < 4.78 is 52.0. The Morgan fingerprint density at radius 2 is 1.65 bits per heavy atom. The van der Waals surface area contributed by atoms with E-state index in [2.05, 4.69) is 10.1 Å². The normalized spacial score (nSPS) is 22.4. The summed E-state index contributed by atoms with van der Waals surface area (Å²) >= 11 is 0. The highest BCUT2D eigenvalue weighted by atomic mass is 19.4. The number of alkyl halides is 3. The second-order valence-corrected chi connectivity index (χ2v) is 7.67. The fraction of sp³-hybridized carbons (Fsp3) is 0.348. The van der Waals surface area contributed by atoms with Crippen molar-refractivity contribution < 1.29 is 42.1 Å². The van der Waals surface area contributed by atoms with Crippen molar-refractivity contribution in [1.29, 1.82) is 0 Å². The molecule has 2 aromatic carbocycles. The smallest absolute Gasteiger partial charge is 0.437 e. The van der Waals surface area contributed by atoms with E-state index in [1.807, 2.05) is 6.92 Å². The molecule has 3 rings (SSSR count). The lowest BCUT2D eigenvalue weighted by Crippen LogP contribution is -2.72. The van der Waals surface area contributed by atoms with E-state index in [0.717, 1.165) is 6.42 Å². The molecule has 11 heteroatoms. The topological polar surface area (TPSA) is 114 Å². The van der Waals surface area contributed by atoms with Crippen LogP contribution in [0.1, 0.15) is 45.7 Å². The van der Waals surface area contributed by atoms with Gasteiger partial charge in [0.1, 0.15) is 11.7 Å². The molecule has 0 unspecified atom stereocenters. The third-order valence-corrected chi connectivity index (χ3v) is 5.39. The number of Topliss-reactive ketones (excluding diaryl/α,β-unsaturated/α-hetero) is 1. The second-order valence-electron chi connectivity index (χ2n) is 7.67. The molecule has 0 radical (unpaired) electrons. The van der Waals surface area contributed by atoms with Gasteiger partial charge in [0.2, 0.25) is 5.72 Å². The molecule has 0 saturated carbocycles. The number of ether oxygens (including phenoxy) is 2. The molecule has 2 amide bonds. The lowest BCUT2D eigenvalue weighted by Gasteiger charge is -2.45. The van der Waals surface area contributed by atoms with E-state index in [0.29, 0.717) is 12.4 Å². The van der Waals surface area contributed by atoms with Gasteiger partial charge in [-0.25, -0.2) is 9.59 Å². The summed E-state index contributed by atoms with van der Waals surface area (Å²) in [6.07, 6.45) is -4.64. The van der Waals surface area contributed by atoms with Crippen LogP contribution in [0, 0.1) is 5.92 Å². The molecular weight excluding hydrogens is 457 g/mol. The van der Waals surface area contributed by atoms with Gasteiger partial charge in [0.05, 0.1) is 25.3 Å². The molecule has 2 aromatic rings. The third kappa shape index (κ3) is 4.84. The Morgan fingerprint density at radius 1 is 1.06 bits per heavy atom. The lowest BCUT2D eigenvalue weighted by molar-refractivity contribution is -0.287. The summed E-state index contributed by atoms with van der Waals surface area (Å²) in [7, 11) is 1.17. The molecule has 8 nitrogen and oxygen atoms in total. The molecule has 0 bridgehead atoms. The zero-order valence-electron chi connectivity index (χ0n) is 18.3. The highest BCUT2D eigenvalue weighted by molar-refractivity contribution is 6.00. The molecule has 3 N–H and O–H groups in total. The number of urea groups is 1. The standard InChI is InChI=1S/C23H23F3N2O6/c1-3-12-34-16-10-8-14(9-11-16)19(29)17-18(13-4-6-15(7-5-13)20(30)33-2)27-21(31)28-22(17,32)23(24,25)26/h4-11,17-18,32H,3,12H2,1-2H3,(H2,27,28,31)/t17-,18+,22-/m0/s1. The van der Waals surface area contributed by atoms with Gasteiger partial charge in [0, 0.05) is 5.56 Å². The third-order valence-electron chi connectivity index (χ3n) is 5.39. The van der Waals surface area contributed by atoms with E-state index < -0.39 is 41.6 Å². The molecular formula is C23H23F3N2O6. The number of methoxy groups -OCH3 is 1. The van der Waals surface area contributed by atoms with Crippen molar-refractivity contribution in [2.75, 3.05) is 13.7 Å². The van der Waals surface area contributed by atoms with Crippen LogP contribution in [0.15, 0.2) is 48.5 Å². The number of aliphatic hydroxyl groups is 1. The van der Waals surface area contributed by atoms with E-state index in [9.17, 15) is 32.7 Å². The maximum atomic E-state index is 14.0. The molecule has 1 aliphatic rings. The highest BCUT2D eigenvalue weighted by Gasteiger charge is 2.66. The fourth-order valence-electron chi connectivity index (χ4n) is 3.68. The minimum absolute atomic E-state index is 0.0754. The van der Waals surface area contributed by atoms with E-state index in [1.165, 1.54) is 61.0 Å². The maximum Gasteiger partial charge on any atom is 0.437 e. The van der Waals surface area contributed by atoms with Crippen molar-refractivity contribution in [2.24, 2.45) is 5.92 Å². The average Bonchev–Trinajstić information content (AvgIpc) is 2.81. The predicted octanol–water partition coefficient (Wildman–Crippen LogP) is 3.37. The van der Waals surface area contributed by atoms with Crippen LogP contribution in [-0.2, 0) is 4.74 Å². The van der Waals surface area contributed by atoms with E-state index in [-0.39, 0.29) is 16.7 Å². The number of ketones is 1. The van der Waals surface area contributed by atoms with Crippen molar-refractivity contribution in [3.8, 4) is 5.75 Å². The van der Waals surface area contributed by atoms with Crippen LogP contribution in [0.4, 0.5) is 18.0 Å². The number of hydrogen-bond donors (Lipinski definition) is 3. The molecule has 3 atom stereocenters. The van der Waals surface area contributed by atoms with Gasteiger partial charge < -0.3 is 25.2 Å². The first-order valence-corrected chi connectivity index (χ1v) is 10.3. The molecule has 182 valence electrons. The summed E-state index contributed by atoms with van der Waals surface area (Å²) in [5, 5.41) is 14.4. The van der Waals surface area contributed by atoms with Gasteiger partial charge in [-0.15, -0.1) is 0 Å². The van der Waals surface area contributed by atoms with Crippen molar-refractivity contribution in [3.63, 3.8) is 0 Å². The van der Waals surface area contributed by atoms with E-state index in [1.54, 1.807) is 0 Å². The zero-order chi connectivity index (χ0) is 25.1. The van der Waals surface area contributed by atoms with Crippen LogP contribution in [0.25, 0.3) is 0 Å². The Kier molecular flexibility index (Phi) is 7.15. The summed E-state index contributed by atoms with van der Waals surface area (Å²) in [5.74, 6) is -3.49. The highest BCUT2D eigenvalue weighted by Crippen LogP contribution is 2.44. The number of rotatable bonds is 7. The molecule has 0 aromatic heterocycles. The maximum absolute atomic E-state index is 14.0. The van der Waals surface area contributed by atoms with Crippen LogP contribution in [0.3, 0.4) is 0 Å². The van der Waals surface area contributed by atoms with Crippen molar-refractivity contribution >= 4 is 17.8 Å². The number of hydrogen-bond acceptors (Lipinski definition) is 6. The summed E-state index contributed by atoms with van der Waals surface area (Å²) in [6.45, 7) is 2.32. The number of amides is 2. The monoisotopic (exact) mass is 480 g/mol. The van der Waals surface area contributed by atoms with Crippen LogP contribution in [0.2, 0.25) is 0 Å². The SMILES string of the molecule is CCCOc1ccc(C(=O)[C@@H]2[C@@H](c3ccc(C(=O)OC)cc3)NC(=O)N[C@@]2(O)C(F)(F)F)cc1. The first-order valence-electron chi connectivity index (χ1n) is 10.3. The molecule has 34 heavy (non-hydrogen) atoms. The van der Waals surface area contributed by atoms with Crippen molar-refractivity contribution in [1.82, 2.24) is 10.6 Å². The molecule has 1 fully saturated rings. The molecule has 0 aliphatic carbocycles. The van der Waals surface area contributed by atoms with Crippen molar-refractivity contribution in [3.05, 3.63) is 65.2 Å². The van der Waals surface area contributed by atoms with Crippen LogP contribution < -0.4 is 15.4 Å². The summed E-state index contributed by atoms with van der Waals surface area (Å²) in [4.78, 5) is 37.1. The largest absolute Gasteiger partial charge is 0.494 e. The average molecular weight is 480 g/mol. The molecule has 1 saturated heterocycles. The predicted molar refractivity (Wildman–Crippen MR) is 113 cm³/mol. The number of esters is 1. The van der Waals surface area contributed by atoms with Gasteiger partial charge in [0.25, 0.3) is 0 Å². The Balaban J connectivity index is 2.05. The Morgan fingerprint density at radius 3 is 2.18 bits per heavy atom. The number of carbonyl (C=O) groups excluding carboxylic acids is 3. The summed E-state index contributed by atoms with van der Waals surface area (Å²) in [5.41, 5.74) is -3.78. The minimum atomic E-state index is -5.38. The minimum Gasteiger partial charge on any atom is -0.494 e. The number of halogens is 3. The van der Waals surface area contributed by atoms with Gasteiger partial charge in [-0.1, -0.05) is 19.1 Å². The van der Waals surface area contributed by atoms with E-state index >= 15 is 0 Å². The quantitative estimate of drug-likeness (QED) is 0.414. The van der Waals surface area contributed by atoms with Crippen LogP contribution >= 0.6 is 0 Å². The van der Waals surface area contributed by atoms with Gasteiger partial charge in [-0.2, -0.15) is 13.2 Å². The van der Waals surface area contributed by atoms with E-state index in [4.69, 9.17) is 4.74 Å². The second kappa shape index (κ2) is 9.72. The number of benzene rings is 2. The van der Waals surface area contributed by atoms with Gasteiger partial charge in [-0.05, 0) is 48.4 Å². The first kappa shape index (κ1) is 25.0. The Bertz CT molecular complexity index is 1060. The van der Waals surface area contributed by atoms with Crippen LogP contribution in [-0.4, -0.2) is 48.5 Å². The van der Waals surface area contributed by atoms with Crippen molar-refractivity contribution in [2.45, 2.75) is 31.3 Å². The van der Waals surface area contributed by atoms with Gasteiger partial charge in [0.15, 0.2) is 5.78 Å². The number of nitrogens with one attached hydrogen (secondary N) is 2. The summed E-state index contributed by atoms with van der Waals surface area (Å²) in [6, 6.07) is 7.70. The number of carbonyl (C=O) groups is 3. The lowest BCUT2D eigenvalue weighted by atomic mass is 9.77.